The van der Waals surface area contributed by atoms with Gasteiger partial charge in [0, 0.05) is 33.2 Å². The number of hydrogen-bond acceptors (Lipinski definition) is 6. The van der Waals surface area contributed by atoms with Gasteiger partial charge in [0.2, 0.25) is 5.91 Å². The molecule has 1 saturated heterocycles. The van der Waals surface area contributed by atoms with Crippen LogP contribution >= 0.6 is 0 Å². The number of aromatic nitrogens is 2. The van der Waals surface area contributed by atoms with E-state index in [-0.39, 0.29) is 18.1 Å². The van der Waals surface area contributed by atoms with E-state index in [1.54, 1.807) is 18.0 Å². The first kappa shape index (κ1) is 14.2. The Labute approximate surface area is 116 Å². The van der Waals surface area contributed by atoms with Crippen LogP contribution in [-0.4, -0.2) is 66.7 Å². The molecule has 108 valence electrons. The maximum Gasteiger partial charge on any atom is 0.269 e. The minimum Gasteiger partial charge on any atom is -0.364 e. The molecule has 1 aromatic heterocycles. The van der Waals surface area contributed by atoms with Crippen LogP contribution in [0.1, 0.15) is 10.5 Å². The fourth-order valence-corrected chi connectivity index (χ4v) is 1.96. The summed E-state index contributed by atoms with van der Waals surface area (Å²) >= 11 is 0. The minimum atomic E-state index is -0.622. The van der Waals surface area contributed by atoms with Crippen molar-refractivity contribution in [3.8, 4) is 0 Å². The number of hydrogen-bond donors (Lipinski definition) is 2. The monoisotopic (exact) mass is 278 g/mol. The van der Waals surface area contributed by atoms with Gasteiger partial charge in [-0.1, -0.05) is 0 Å². The summed E-state index contributed by atoms with van der Waals surface area (Å²) in [7, 11) is 1.76. The normalized spacial score (nSPS) is 14.9. The summed E-state index contributed by atoms with van der Waals surface area (Å²) in [5.74, 6) is -0.0446. The highest BCUT2D eigenvalue weighted by Gasteiger charge is 2.18. The predicted octanol–water partition coefficient (Wildman–Crippen LogP) is -1.56. The van der Waals surface area contributed by atoms with Gasteiger partial charge in [-0.3, -0.25) is 9.59 Å². The van der Waals surface area contributed by atoms with Gasteiger partial charge in [0.05, 0.1) is 6.54 Å². The van der Waals surface area contributed by atoms with Crippen LogP contribution in [0.2, 0.25) is 0 Å². The molecule has 0 aliphatic carbocycles. The number of carbonyl (C=O) groups excluding carboxylic acids is 2. The molecule has 0 atom stereocenters. The lowest BCUT2D eigenvalue weighted by atomic mass is 10.3. The Kier molecular flexibility index (Phi) is 4.46. The van der Waals surface area contributed by atoms with E-state index in [0.29, 0.717) is 5.82 Å². The summed E-state index contributed by atoms with van der Waals surface area (Å²) in [5, 5.41) is 10.8. The molecule has 1 fully saturated rings. The van der Waals surface area contributed by atoms with Crippen LogP contribution in [0.4, 0.5) is 5.82 Å². The van der Waals surface area contributed by atoms with Crippen molar-refractivity contribution < 1.29 is 9.59 Å². The first-order chi connectivity index (χ1) is 9.58. The number of anilines is 1. The summed E-state index contributed by atoms with van der Waals surface area (Å²) in [6.45, 7) is 3.31. The average molecular weight is 278 g/mol. The molecule has 2 heterocycles. The molecule has 0 aromatic carbocycles. The van der Waals surface area contributed by atoms with Gasteiger partial charge >= 0.3 is 0 Å². The second-order valence-electron chi connectivity index (χ2n) is 4.63. The minimum absolute atomic E-state index is 0.0507. The number of nitrogens with zero attached hydrogens (tertiary/aromatic N) is 4. The number of amides is 2. The van der Waals surface area contributed by atoms with Crippen molar-refractivity contribution in [2.24, 2.45) is 5.73 Å². The molecule has 1 aromatic rings. The fraction of sp³-hybridized carbons (Fsp3) is 0.500. The highest BCUT2D eigenvalue weighted by atomic mass is 16.2. The first-order valence-electron chi connectivity index (χ1n) is 6.41. The third-order valence-electron chi connectivity index (χ3n) is 3.14. The summed E-state index contributed by atoms with van der Waals surface area (Å²) in [6.07, 6.45) is 0. The zero-order valence-corrected chi connectivity index (χ0v) is 11.4. The molecule has 0 bridgehead atoms. The topological polar surface area (TPSA) is 104 Å². The highest BCUT2D eigenvalue weighted by molar-refractivity contribution is 5.90. The number of carbonyl (C=O) groups is 2. The molecular weight excluding hydrogens is 260 g/mol. The first-order valence-corrected chi connectivity index (χ1v) is 6.41. The van der Waals surface area contributed by atoms with E-state index in [0.717, 1.165) is 26.2 Å². The van der Waals surface area contributed by atoms with E-state index in [9.17, 15) is 9.59 Å². The van der Waals surface area contributed by atoms with Crippen LogP contribution in [-0.2, 0) is 4.79 Å². The van der Waals surface area contributed by atoms with E-state index in [2.05, 4.69) is 15.5 Å². The number of primary amides is 1. The van der Waals surface area contributed by atoms with E-state index in [1.807, 2.05) is 4.90 Å². The summed E-state index contributed by atoms with van der Waals surface area (Å²) in [6, 6.07) is 3.12. The van der Waals surface area contributed by atoms with Gasteiger partial charge in [-0.25, -0.2) is 0 Å². The van der Waals surface area contributed by atoms with Crippen molar-refractivity contribution in [2.45, 2.75) is 0 Å². The summed E-state index contributed by atoms with van der Waals surface area (Å²) in [5.41, 5.74) is 5.20. The lowest BCUT2D eigenvalue weighted by Crippen LogP contribution is -2.49. The third-order valence-corrected chi connectivity index (χ3v) is 3.14. The van der Waals surface area contributed by atoms with Crippen molar-refractivity contribution in [2.75, 3.05) is 44.7 Å². The van der Waals surface area contributed by atoms with Crippen molar-refractivity contribution in [3.05, 3.63) is 17.8 Å². The van der Waals surface area contributed by atoms with E-state index in [4.69, 9.17) is 5.73 Å². The smallest absolute Gasteiger partial charge is 0.269 e. The van der Waals surface area contributed by atoms with Crippen LogP contribution in [0.15, 0.2) is 12.1 Å². The van der Waals surface area contributed by atoms with E-state index < -0.39 is 5.91 Å². The van der Waals surface area contributed by atoms with Gasteiger partial charge in [-0.05, 0) is 12.1 Å². The van der Waals surface area contributed by atoms with Crippen LogP contribution in [0.5, 0.6) is 0 Å². The largest absolute Gasteiger partial charge is 0.364 e. The Balaban J connectivity index is 1.94. The number of rotatable bonds is 4. The van der Waals surface area contributed by atoms with Gasteiger partial charge in [0.15, 0.2) is 11.5 Å². The highest BCUT2D eigenvalue weighted by Crippen LogP contribution is 2.08. The zero-order chi connectivity index (χ0) is 14.5. The zero-order valence-electron chi connectivity index (χ0n) is 11.4. The Morgan fingerprint density at radius 1 is 1.35 bits per heavy atom. The Bertz CT molecular complexity index is 483. The maximum absolute atomic E-state index is 12.1. The van der Waals surface area contributed by atoms with Crippen molar-refractivity contribution in [3.63, 3.8) is 0 Å². The number of nitrogens with one attached hydrogen (secondary N) is 1. The van der Waals surface area contributed by atoms with Gasteiger partial charge in [0.25, 0.3) is 5.91 Å². The van der Waals surface area contributed by atoms with Gasteiger partial charge in [-0.15, -0.1) is 10.2 Å². The summed E-state index contributed by atoms with van der Waals surface area (Å²) in [4.78, 5) is 26.5. The van der Waals surface area contributed by atoms with Crippen molar-refractivity contribution in [1.82, 2.24) is 20.4 Å². The molecule has 3 N–H and O–H groups in total. The molecule has 2 amide bonds. The maximum atomic E-state index is 12.1. The molecule has 0 unspecified atom stereocenters. The quantitative estimate of drug-likeness (QED) is 0.690. The van der Waals surface area contributed by atoms with E-state index >= 15 is 0 Å². The second-order valence-corrected chi connectivity index (χ2v) is 4.63. The Morgan fingerprint density at radius 3 is 2.60 bits per heavy atom. The van der Waals surface area contributed by atoms with Gasteiger partial charge in [-0.2, -0.15) is 0 Å². The second kappa shape index (κ2) is 6.29. The molecular formula is C12H18N6O2. The van der Waals surface area contributed by atoms with Gasteiger partial charge < -0.3 is 20.9 Å². The molecule has 8 nitrogen and oxygen atoms in total. The Hall–Kier alpha value is -2.22. The van der Waals surface area contributed by atoms with Gasteiger partial charge in [0.1, 0.15) is 0 Å². The van der Waals surface area contributed by atoms with Crippen molar-refractivity contribution in [1.29, 1.82) is 0 Å². The molecule has 0 spiro atoms. The van der Waals surface area contributed by atoms with Crippen molar-refractivity contribution >= 4 is 17.6 Å². The average Bonchev–Trinajstić information content (AvgIpc) is 2.48. The predicted molar refractivity (Wildman–Crippen MR) is 73.3 cm³/mol. The molecule has 8 heteroatoms. The van der Waals surface area contributed by atoms with Crippen LogP contribution in [0, 0.1) is 0 Å². The molecule has 20 heavy (non-hydrogen) atoms. The lowest BCUT2D eigenvalue weighted by Gasteiger charge is -2.29. The molecule has 1 aliphatic heterocycles. The van der Waals surface area contributed by atoms with E-state index in [1.165, 1.54) is 6.07 Å². The fourth-order valence-electron chi connectivity index (χ4n) is 1.96. The molecule has 2 rings (SSSR count). The lowest BCUT2D eigenvalue weighted by molar-refractivity contribution is -0.130. The standard InChI is InChI=1S/C12H18N6O2/c1-17(8-11(19)18-6-4-14-5-7-18)10-3-2-9(12(13)20)15-16-10/h2-3,14H,4-8H2,1H3,(H2,13,20). The number of nitrogens with two attached hydrogens (primary N) is 1. The third kappa shape index (κ3) is 3.41. The SMILES string of the molecule is CN(CC(=O)N1CCNCC1)c1ccc(C(N)=O)nn1. The van der Waals surface area contributed by atoms with Crippen LogP contribution in [0.3, 0.4) is 0 Å². The Morgan fingerprint density at radius 2 is 2.05 bits per heavy atom. The van der Waals surface area contributed by atoms with Crippen LogP contribution in [0.25, 0.3) is 0 Å². The molecule has 1 aliphatic rings. The van der Waals surface area contributed by atoms with Crippen LogP contribution < -0.4 is 16.0 Å². The number of piperazine rings is 1. The molecule has 0 radical (unpaired) electrons. The molecule has 0 saturated carbocycles. The summed E-state index contributed by atoms with van der Waals surface area (Å²) < 4.78 is 0. The number of likely N-dealkylation sites (N-methyl/N-ethyl adjacent to an activating group) is 1.